The number of nitrogens with zero attached hydrogens (tertiary/aromatic N) is 2. The summed E-state index contributed by atoms with van der Waals surface area (Å²) in [7, 11) is 0. The molecule has 0 radical (unpaired) electrons. The third-order valence-electron chi connectivity index (χ3n) is 3.76. The Kier molecular flexibility index (Phi) is 5.53. The van der Waals surface area contributed by atoms with Crippen LogP contribution in [-0.2, 0) is 6.42 Å². The first kappa shape index (κ1) is 17.5. The van der Waals surface area contributed by atoms with Gasteiger partial charge in [-0.15, -0.1) is 0 Å². The molecule has 1 heterocycles. The summed E-state index contributed by atoms with van der Waals surface area (Å²) in [5.41, 5.74) is 1.51. The molecule has 0 aliphatic carbocycles. The van der Waals surface area contributed by atoms with Crippen molar-refractivity contribution in [2.24, 2.45) is 0 Å². The van der Waals surface area contributed by atoms with Crippen LogP contribution in [0.3, 0.4) is 0 Å². The highest BCUT2D eigenvalue weighted by molar-refractivity contribution is 6.03. The fourth-order valence-electron chi connectivity index (χ4n) is 2.50. The van der Waals surface area contributed by atoms with E-state index in [1.807, 2.05) is 18.2 Å². The van der Waals surface area contributed by atoms with E-state index in [2.05, 4.69) is 32.7 Å². The van der Waals surface area contributed by atoms with E-state index in [0.717, 1.165) is 6.42 Å². The number of hydrogen-bond acceptors (Lipinski definition) is 4. The Bertz CT molecular complexity index is 899. The predicted octanol–water partition coefficient (Wildman–Crippen LogP) is 3.83. The highest BCUT2D eigenvalue weighted by atomic mass is 19.1. The predicted molar refractivity (Wildman–Crippen MR) is 99.8 cm³/mol. The van der Waals surface area contributed by atoms with Crippen LogP contribution < -0.4 is 10.6 Å². The van der Waals surface area contributed by atoms with Gasteiger partial charge in [0, 0.05) is 12.6 Å². The zero-order valence-corrected chi connectivity index (χ0v) is 14.4. The summed E-state index contributed by atoms with van der Waals surface area (Å²) in [6, 6.07) is 17.6. The molecule has 2 aromatic carbocycles. The minimum Gasteiger partial charge on any atom is -0.370 e. The van der Waals surface area contributed by atoms with E-state index < -0.39 is 11.7 Å². The lowest BCUT2D eigenvalue weighted by molar-refractivity contribution is 0.102. The van der Waals surface area contributed by atoms with Crippen LogP contribution in [0, 0.1) is 12.7 Å². The van der Waals surface area contributed by atoms with E-state index >= 15 is 0 Å². The number of nitrogens with one attached hydrogen (secondary N) is 2. The SMILES string of the molecule is Cc1nc(NCCc2ccccc2)cc(C(=O)Nc2ccccc2F)n1. The Morgan fingerprint density at radius 1 is 1.04 bits per heavy atom. The minimum atomic E-state index is -0.493. The number of halogens is 1. The van der Waals surface area contributed by atoms with Crippen LogP contribution in [0.25, 0.3) is 0 Å². The van der Waals surface area contributed by atoms with Crippen molar-refractivity contribution in [3.05, 3.63) is 83.6 Å². The molecule has 0 saturated carbocycles. The number of carbonyl (C=O) groups is 1. The molecule has 0 bridgehead atoms. The third kappa shape index (κ3) is 4.63. The number of amides is 1. The van der Waals surface area contributed by atoms with Crippen molar-refractivity contribution < 1.29 is 9.18 Å². The van der Waals surface area contributed by atoms with Gasteiger partial charge in [-0.1, -0.05) is 42.5 Å². The standard InChI is InChI=1S/C20H19FN4O/c1-14-23-18(20(26)25-17-10-6-5-9-16(17)21)13-19(24-14)22-12-11-15-7-3-2-4-8-15/h2-10,13H,11-12H2,1H3,(H,25,26)(H,22,23,24). The van der Waals surface area contributed by atoms with Gasteiger partial charge in [0.1, 0.15) is 23.2 Å². The zero-order valence-electron chi connectivity index (χ0n) is 14.4. The van der Waals surface area contributed by atoms with Crippen LogP contribution in [0.4, 0.5) is 15.9 Å². The second kappa shape index (κ2) is 8.20. The highest BCUT2D eigenvalue weighted by Crippen LogP contribution is 2.15. The topological polar surface area (TPSA) is 66.9 Å². The largest absolute Gasteiger partial charge is 0.370 e. The fourth-order valence-corrected chi connectivity index (χ4v) is 2.50. The van der Waals surface area contributed by atoms with Crippen LogP contribution >= 0.6 is 0 Å². The van der Waals surface area contributed by atoms with Crippen LogP contribution in [0.15, 0.2) is 60.7 Å². The van der Waals surface area contributed by atoms with Crippen molar-refractivity contribution in [3.8, 4) is 0 Å². The summed E-state index contributed by atoms with van der Waals surface area (Å²) >= 11 is 0. The lowest BCUT2D eigenvalue weighted by Gasteiger charge is -2.09. The number of benzene rings is 2. The summed E-state index contributed by atoms with van der Waals surface area (Å²) in [6.07, 6.45) is 0.834. The summed E-state index contributed by atoms with van der Waals surface area (Å²) < 4.78 is 13.7. The second-order valence-electron chi connectivity index (χ2n) is 5.78. The molecule has 26 heavy (non-hydrogen) atoms. The van der Waals surface area contributed by atoms with Crippen molar-refractivity contribution in [1.82, 2.24) is 9.97 Å². The number of aromatic nitrogens is 2. The molecular formula is C20H19FN4O. The van der Waals surface area contributed by atoms with Crippen molar-refractivity contribution >= 4 is 17.4 Å². The lowest BCUT2D eigenvalue weighted by atomic mass is 10.1. The maximum Gasteiger partial charge on any atom is 0.274 e. The van der Waals surface area contributed by atoms with Crippen molar-refractivity contribution in [1.29, 1.82) is 0 Å². The first-order valence-electron chi connectivity index (χ1n) is 8.31. The van der Waals surface area contributed by atoms with Gasteiger partial charge < -0.3 is 10.6 Å². The smallest absolute Gasteiger partial charge is 0.274 e. The molecule has 0 aliphatic rings. The number of carbonyl (C=O) groups excluding carboxylic acids is 1. The van der Waals surface area contributed by atoms with Gasteiger partial charge in [0.05, 0.1) is 5.69 Å². The molecule has 0 saturated heterocycles. The number of rotatable bonds is 6. The van der Waals surface area contributed by atoms with Gasteiger partial charge in [0.25, 0.3) is 5.91 Å². The molecule has 0 atom stereocenters. The maximum atomic E-state index is 13.7. The summed E-state index contributed by atoms with van der Waals surface area (Å²) in [4.78, 5) is 20.8. The molecule has 3 aromatic rings. The van der Waals surface area contributed by atoms with Crippen LogP contribution in [0.1, 0.15) is 21.9 Å². The Labute approximate surface area is 151 Å². The van der Waals surface area contributed by atoms with Gasteiger partial charge in [0.2, 0.25) is 0 Å². The molecule has 2 N–H and O–H groups in total. The van der Waals surface area contributed by atoms with Crippen LogP contribution in [0.5, 0.6) is 0 Å². The quantitative estimate of drug-likeness (QED) is 0.709. The Morgan fingerprint density at radius 2 is 1.77 bits per heavy atom. The maximum absolute atomic E-state index is 13.7. The summed E-state index contributed by atoms with van der Waals surface area (Å²) in [5.74, 6) is 0.0556. The molecule has 5 nitrogen and oxygen atoms in total. The molecule has 1 aromatic heterocycles. The molecule has 0 fully saturated rings. The van der Waals surface area contributed by atoms with E-state index in [0.29, 0.717) is 18.2 Å². The highest BCUT2D eigenvalue weighted by Gasteiger charge is 2.12. The molecule has 0 aliphatic heterocycles. The Hall–Kier alpha value is -3.28. The van der Waals surface area contributed by atoms with Gasteiger partial charge in [0.15, 0.2) is 0 Å². The number of aryl methyl sites for hydroxylation is 1. The summed E-state index contributed by atoms with van der Waals surface area (Å²) in [6.45, 7) is 2.39. The van der Waals surface area contributed by atoms with Crippen molar-refractivity contribution in [2.75, 3.05) is 17.2 Å². The molecule has 132 valence electrons. The van der Waals surface area contributed by atoms with Gasteiger partial charge in [-0.2, -0.15) is 0 Å². The van der Waals surface area contributed by atoms with Gasteiger partial charge in [-0.05, 0) is 31.0 Å². The Balaban J connectivity index is 1.67. The van der Waals surface area contributed by atoms with Crippen molar-refractivity contribution in [2.45, 2.75) is 13.3 Å². The third-order valence-corrected chi connectivity index (χ3v) is 3.76. The Morgan fingerprint density at radius 3 is 2.54 bits per heavy atom. The van der Waals surface area contributed by atoms with Crippen molar-refractivity contribution in [3.63, 3.8) is 0 Å². The first-order valence-corrected chi connectivity index (χ1v) is 8.31. The van der Waals surface area contributed by atoms with E-state index in [1.165, 1.54) is 17.7 Å². The van der Waals surface area contributed by atoms with Crippen LogP contribution in [0.2, 0.25) is 0 Å². The van der Waals surface area contributed by atoms with Crippen LogP contribution in [-0.4, -0.2) is 22.4 Å². The monoisotopic (exact) mass is 350 g/mol. The molecule has 0 unspecified atom stereocenters. The molecule has 6 heteroatoms. The number of para-hydroxylation sites is 1. The van der Waals surface area contributed by atoms with Gasteiger partial charge in [-0.25, -0.2) is 14.4 Å². The average molecular weight is 350 g/mol. The van der Waals surface area contributed by atoms with Gasteiger partial charge >= 0.3 is 0 Å². The average Bonchev–Trinajstić information content (AvgIpc) is 2.64. The first-order chi connectivity index (χ1) is 12.6. The second-order valence-corrected chi connectivity index (χ2v) is 5.78. The van der Waals surface area contributed by atoms with E-state index in [-0.39, 0.29) is 11.4 Å². The number of hydrogen-bond donors (Lipinski definition) is 2. The van der Waals surface area contributed by atoms with Gasteiger partial charge in [-0.3, -0.25) is 4.79 Å². The molecular weight excluding hydrogens is 331 g/mol. The zero-order chi connectivity index (χ0) is 18.4. The normalized spacial score (nSPS) is 10.4. The van der Waals surface area contributed by atoms with E-state index in [9.17, 15) is 9.18 Å². The van der Waals surface area contributed by atoms with E-state index in [4.69, 9.17) is 0 Å². The molecule has 1 amide bonds. The molecule has 3 rings (SSSR count). The summed E-state index contributed by atoms with van der Waals surface area (Å²) in [5, 5.41) is 5.73. The molecule has 0 spiro atoms. The fraction of sp³-hybridized carbons (Fsp3) is 0.150. The van der Waals surface area contributed by atoms with E-state index in [1.54, 1.807) is 25.1 Å². The minimum absolute atomic E-state index is 0.118. The lowest BCUT2D eigenvalue weighted by Crippen LogP contribution is -2.17. The number of anilines is 2.